The summed E-state index contributed by atoms with van der Waals surface area (Å²) in [7, 11) is 0. The van der Waals surface area contributed by atoms with Gasteiger partial charge in [0.15, 0.2) is 0 Å². The maximum absolute atomic E-state index is 10.1. The molecular formula is C14H12N2OS. The van der Waals surface area contributed by atoms with Gasteiger partial charge in [-0.1, -0.05) is 18.2 Å². The third kappa shape index (κ3) is 2.12. The number of hydrogen-bond acceptors (Lipinski definition) is 4. The molecule has 1 unspecified atom stereocenters. The van der Waals surface area contributed by atoms with Crippen molar-refractivity contribution >= 4 is 22.2 Å². The number of pyridine rings is 1. The maximum atomic E-state index is 10.1. The van der Waals surface area contributed by atoms with Crippen LogP contribution in [0, 0.1) is 0 Å². The molecule has 3 aromatic rings. The number of aliphatic hydroxyl groups excluding tert-OH is 1. The van der Waals surface area contributed by atoms with Gasteiger partial charge in [-0.2, -0.15) is 0 Å². The molecule has 90 valence electrons. The summed E-state index contributed by atoms with van der Waals surface area (Å²) in [4.78, 5) is 8.46. The molecule has 0 bridgehead atoms. The highest BCUT2D eigenvalue weighted by Gasteiger charge is 2.12. The average molecular weight is 256 g/mol. The van der Waals surface area contributed by atoms with Crippen LogP contribution in [0.15, 0.2) is 48.1 Å². The molecule has 0 fully saturated rings. The molecular weight excluding hydrogens is 244 g/mol. The number of para-hydroxylation sites is 1. The van der Waals surface area contributed by atoms with Crippen molar-refractivity contribution in [3.8, 4) is 0 Å². The lowest BCUT2D eigenvalue weighted by molar-refractivity contribution is 0.178. The molecule has 0 aliphatic carbocycles. The largest absolute Gasteiger partial charge is 0.386 e. The first-order valence-corrected chi connectivity index (χ1v) is 6.62. The van der Waals surface area contributed by atoms with Crippen LogP contribution >= 0.6 is 11.3 Å². The number of aliphatic hydroxyl groups is 1. The van der Waals surface area contributed by atoms with E-state index in [2.05, 4.69) is 9.97 Å². The Morgan fingerprint density at radius 3 is 2.83 bits per heavy atom. The van der Waals surface area contributed by atoms with Gasteiger partial charge in [-0.15, -0.1) is 11.3 Å². The molecule has 4 heteroatoms. The van der Waals surface area contributed by atoms with Crippen LogP contribution in [0.4, 0.5) is 0 Å². The number of benzene rings is 1. The van der Waals surface area contributed by atoms with Gasteiger partial charge >= 0.3 is 0 Å². The monoisotopic (exact) mass is 256 g/mol. The van der Waals surface area contributed by atoms with Gasteiger partial charge in [0.05, 0.1) is 5.52 Å². The van der Waals surface area contributed by atoms with Gasteiger partial charge in [-0.05, 0) is 17.7 Å². The SMILES string of the molecule is OC(Cc1ccnc2ccccc12)c1nccs1. The van der Waals surface area contributed by atoms with Crippen LogP contribution in [0.3, 0.4) is 0 Å². The Kier molecular flexibility index (Phi) is 3.04. The summed E-state index contributed by atoms with van der Waals surface area (Å²) in [5, 5.41) is 13.9. The Hall–Kier alpha value is -1.78. The van der Waals surface area contributed by atoms with Crippen molar-refractivity contribution in [2.75, 3.05) is 0 Å². The fourth-order valence-corrected chi connectivity index (χ4v) is 2.65. The van der Waals surface area contributed by atoms with Crippen LogP contribution in [-0.2, 0) is 6.42 Å². The summed E-state index contributed by atoms with van der Waals surface area (Å²) in [6.07, 6.45) is 3.52. The average Bonchev–Trinajstić information content (AvgIpc) is 2.93. The predicted molar refractivity (Wildman–Crippen MR) is 72.5 cm³/mol. The molecule has 18 heavy (non-hydrogen) atoms. The molecule has 0 saturated carbocycles. The van der Waals surface area contributed by atoms with Crippen LogP contribution in [0.2, 0.25) is 0 Å². The smallest absolute Gasteiger partial charge is 0.121 e. The van der Waals surface area contributed by atoms with E-state index < -0.39 is 6.10 Å². The Labute approximate surface area is 109 Å². The van der Waals surface area contributed by atoms with E-state index in [0.717, 1.165) is 21.5 Å². The van der Waals surface area contributed by atoms with Gasteiger partial charge in [-0.25, -0.2) is 4.98 Å². The second-order valence-corrected chi connectivity index (χ2v) is 5.00. The van der Waals surface area contributed by atoms with Gasteiger partial charge in [0.25, 0.3) is 0 Å². The van der Waals surface area contributed by atoms with E-state index in [-0.39, 0.29) is 0 Å². The van der Waals surface area contributed by atoms with Crippen LogP contribution in [-0.4, -0.2) is 15.1 Å². The van der Waals surface area contributed by atoms with Crippen molar-refractivity contribution in [1.29, 1.82) is 0 Å². The molecule has 2 heterocycles. The van der Waals surface area contributed by atoms with E-state index in [0.29, 0.717) is 6.42 Å². The molecule has 0 radical (unpaired) electrons. The number of fused-ring (bicyclic) bond motifs is 1. The lowest BCUT2D eigenvalue weighted by atomic mass is 10.0. The maximum Gasteiger partial charge on any atom is 0.121 e. The first-order valence-electron chi connectivity index (χ1n) is 5.74. The van der Waals surface area contributed by atoms with E-state index >= 15 is 0 Å². The molecule has 3 rings (SSSR count). The van der Waals surface area contributed by atoms with E-state index in [1.807, 2.05) is 35.7 Å². The molecule has 1 atom stereocenters. The lowest BCUT2D eigenvalue weighted by Crippen LogP contribution is -2.02. The van der Waals surface area contributed by atoms with Gasteiger partial charge in [-0.3, -0.25) is 4.98 Å². The Morgan fingerprint density at radius 2 is 2.00 bits per heavy atom. The molecule has 3 nitrogen and oxygen atoms in total. The topological polar surface area (TPSA) is 46.0 Å². The first-order chi connectivity index (χ1) is 8.84. The summed E-state index contributed by atoms with van der Waals surface area (Å²) >= 11 is 1.48. The highest BCUT2D eigenvalue weighted by atomic mass is 32.1. The number of thiazole rings is 1. The van der Waals surface area contributed by atoms with Crippen molar-refractivity contribution in [1.82, 2.24) is 9.97 Å². The molecule has 2 aromatic heterocycles. The normalized spacial score (nSPS) is 12.7. The summed E-state index contributed by atoms with van der Waals surface area (Å²) in [5.74, 6) is 0. The van der Waals surface area contributed by atoms with Crippen LogP contribution in [0.25, 0.3) is 10.9 Å². The zero-order valence-electron chi connectivity index (χ0n) is 9.65. The molecule has 1 aromatic carbocycles. The van der Waals surface area contributed by atoms with Crippen molar-refractivity contribution in [3.63, 3.8) is 0 Å². The van der Waals surface area contributed by atoms with Crippen molar-refractivity contribution < 1.29 is 5.11 Å². The van der Waals surface area contributed by atoms with Crippen LogP contribution in [0.5, 0.6) is 0 Å². The molecule has 0 amide bonds. The minimum absolute atomic E-state index is 0.546. The van der Waals surface area contributed by atoms with Crippen LogP contribution in [0.1, 0.15) is 16.7 Å². The van der Waals surface area contributed by atoms with Gasteiger partial charge in [0, 0.05) is 29.6 Å². The van der Waals surface area contributed by atoms with E-state index in [4.69, 9.17) is 0 Å². The second-order valence-electron chi connectivity index (χ2n) is 4.08. The third-order valence-electron chi connectivity index (χ3n) is 2.89. The number of nitrogens with zero attached hydrogens (tertiary/aromatic N) is 2. The van der Waals surface area contributed by atoms with Crippen molar-refractivity contribution in [2.24, 2.45) is 0 Å². The van der Waals surface area contributed by atoms with Crippen molar-refractivity contribution in [2.45, 2.75) is 12.5 Å². The van der Waals surface area contributed by atoms with E-state index in [1.54, 1.807) is 12.4 Å². The zero-order chi connectivity index (χ0) is 12.4. The Morgan fingerprint density at radius 1 is 1.11 bits per heavy atom. The third-order valence-corrected chi connectivity index (χ3v) is 3.77. The predicted octanol–water partition coefficient (Wildman–Crippen LogP) is 2.97. The van der Waals surface area contributed by atoms with Crippen molar-refractivity contribution in [3.05, 3.63) is 58.7 Å². The van der Waals surface area contributed by atoms with Gasteiger partial charge in [0.2, 0.25) is 0 Å². The zero-order valence-corrected chi connectivity index (χ0v) is 10.5. The van der Waals surface area contributed by atoms with Crippen LogP contribution < -0.4 is 0 Å². The molecule has 0 spiro atoms. The number of rotatable bonds is 3. The molecule has 0 aliphatic heterocycles. The van der Waals surface area contributed by atoms with E-state index in [9.17, 15) is 5.11 Å². The summed E-state index contributed by atoms with van der Waals surface area (Å²) in [6, 6.07) is 9.93. The molecule has 0 aliphatic rings. The first kappa shape index (κ1) is 11.3. The van der Waals surface area contributed by atoms with Gasteiger partial charge < -0.3 is 5.11 Å². The van der Waals surface area contributed by atoms with E-state index in [1.165, 1.54) is 11.3 Å². The fourth-order valence-electron chi connectivity index (χ4n) is 2.03. The fraction of sp³-hybridized carbons (Fsp3) is 0.143. The number of hydrogen-bond donors (Lipinski definition) is 1. The highest BCUT2D eigenvalue weighted by Crippen LogP contribution is 2.24. The summed E-state index contributed by atoms with van der Waals surface area (Å²) in [6.45, 7) is 0. The second kappa shape index (κ2) is 4.84. The molecule has 0 saturated heterocycles. The summed E-state index contributed by atoms with van der Waals surface area (Å²) in [5.41, 5.74) is 2.06. The standard InChI is InChI=1S/C14H12N2OS/c17-13(14-16-7-8-18-14)9-10-5-6-15-12-4-2-1-3-11(10)12/h1-8,13,17H,9H2. The minimum Gasteiger partial charge on any atom is -0.386 e. The highest BCUT2D eigenvalue weighted by molar-refractivity contribution is 7.09. The number of aromatic nitrogens is 2. The Balaban J connectivity index is 1.95. The Bertz CT molecular complexity index is 646. The quantitative estimate of drug-likeness (QED) is 0.783. The summed E-state index contributed by atoms with van der Waals surface area (Å²) < 4.78 is 0. The minimum atomic E-state index is -0.546. The van der Waals surface area contributed by atoms with Gasteiger partial charge in [0.1, 0.15) is 11.1 Å². The molecule has 1 N–H and O–H groups in total. The lowest BCUT2D eigenvalue weighted by Gasteiger charge is -2.09.